The van der Waals surface area contributed by atoms with Crippen molar-refractivity contribution in [2.24, 2.45) is 5.92 Å². The maximum atomic E-state index is 13.9. The predicted molar refractivity (Wildman–Crippen MR) is 168 cm³/mol. The van der Waals surface area contributed by atoms with Gasteiger partial charge in [-0.2, -0.15) is 0 Å². The largest absolute Gasteiger partial charge is 0.479 e. The van der Waals surface area contributed by atoms with Crippen LogP contribution < -0.4 is 5.32 Å². The Hall–Kier alpha value is -3.88. The van der Waals surface area contributed by atoms with E-state index in [2.05, 4.69) is 21.7 Å². The lowest BCUT2D eigenvalue weighted by Gasteiger charge is -2.41. The maximum Gasteiger partial charge on any atom is 0.335 e. The van der Waals surface area contributed by atoms with E-state index in [4.69, 9.17) is 25.4 Å². The molecule has 1 aromatic carbocycles. The van der Waals surface area contributed by atoms with Gasteiger partial charge in [-0.25, -0.2) is 19.0 Å². The van der Waals surface area contributed by atoms with Gasteiger partial charge in [-0.3, -0.25) is 14.5 Å². The number of imidazole rings is 1. The number of hydrogen-bond acceptors (Lipinski definition) is 8. The Morgan fingerprint density at radius 2 is 1.64 bits per heavy atom. The Bertz CT molecular complexity index is 1430. The molecule has 2 aromatic rings. The van der Waals surface area contributed by atoms with Gasteiger partial charge in [0.05, 0.1) is 18.3 Å². The number of aliphatic hydroxyl groups is 2. The van der Waals surface area contributed by atoms with Crippen LogP contribution in [0.15, 0.2) is 24.3 Å². The standard InChI is InChI=1S/C29H40FN5O2.C4H6O6/c1-18(2)29(37)33-12-11-28-27(17-33)31-19(3)35(28)25-15-23-8-9-24(16-25)34(23)13-10-26(32-20(4)36)21-6-5-7-22(30)14-21;5-1(3(7)8)2(6)4(9)10/h5-7,14,18,23-26H,8-13,15-17H2,1-4H3,(H,32,36);1-2,5-6H,(H,7,8)(H,9,10)/t23?,24?,25?,26-;/m0./s1. The Kier molecular flexibility index (Phi) is 11.7. The molecule has 3 aliphatic heterocycles. The lowest BCUT2D eigenvalue weighted by atomic mass is 9.94. The molecule has 3 aliphatic rings. The molecule has 14 heteroatoms. The molecule has 5 atom stereocenters. The van der Waals surface area contributed by atoms with Gasteiger partial charge in [-0.15, -0.1) is 0 Å². The highest BCUT2D eigenvalue weighted by Gasteiger charge is 2.42. The molecule has 5 rings (SSSR count). The normalized spacial score (nSPS) is 22.5. The Morgan fingerprint density at radius 1 is 1.02 bits per heavy atom. The van der Waals surface area contributed by atoms with Crippen molar-refractivity contribution in [2.45, 2.75) is 109 Å². The molecular formula is C33H46FN5O8. The van der Waals surface area contributed by atoms with Crippen molar-refractivity contribution in [2.75, 3.05) is 13.1 Å². The molecule has 2 saturated heterocycles. The number of hydrogen-bond donors (Lipinski definition) is 5. The zero-order chi connectivity index (χ0) is 34.6. The van der Waals surface area contributed by atoms with Crippen LogP contribution in [0.5, 0.6) is 0 Å². The van der Waals surface area contributed by atoms with Crippen LogP contribution in [0, 0.1) is 18.7 Å². The maximum absolute atomic E-state index is 13.9. The number of nitrogens with zero attached hydrogens (tertiary/aromatic N) is 4. The summed E-state index contributed by atoms with van der Waals surface area (Å²) in [4.78, 5) is 53.5. The number of aryl methyl sites for hydroxylation is 1. The molecular weight excluding hydrogens is 613 g/mol. The Balaban J connectivity index is 0.000000434. The molecule has 1 aromatic heterocycles. The van der Waals surface area contributed by atoms with Gasteiger partial charge in [0, 0.05) is 56.2 Å². The highest BCUT2D eigenvalue weighted by Crippen LogP contribution is 2.43. The number of aliphatic carboxylic acids is 2. The third kappa shape index (κ3) is 8.54. The van der Waals surface area contributed by atoms with E-state index in [1.807, 2.05) is 24.8 Å². The third-order valence-corrected chi connectivity index (χ3v) is 9.37. The minimum absolute atomic E-state index is 0.0100. The molecule has 0 saturated carbocycles. The van der Waals surface area contributed by atoms with Gasteiger partial charge in [0.15, 0.2) is 12.2 Å². The van der Waals surface area contributed by atoms with Gasteiger partial charge in [-0.1, -0.05) is 26.0 Å². The second-order valence-corrected chi connectivity index (χ2v) is 13.0. The zero-order valence-corrected chi connectivity index (χ0v) is 27.3. The number of carbonyl (C=O) groups is 4. The van der Waals surface area contributed by atoms with Crippen molar-refractivity contribution in [3.8, 4) is 0 Å². The number of carbonyl (C=O) groups excluding carboxylic acids is 2. The van der Waals surface area contributed by atoms with E-state index in [1.54, 1.807) is 6.07 Å². The first kappa shape index (κ1) is 36.0. The van der Waals surface area contributed by atoms with E-state index in [0.29, 0.717) is 24.7 Å². The Labute approximate surface area is 273 Å². The Morgan fingerprint density at radius 3 is 2.17 bits per heavy atom. The number of aromatic nitrogens is 2. The number of carboxylic acid groups (broad SMARTS) is 2. The number of benzene rings is 1. The summed E-state index contributed by atoms with van der Waals surface area (Å²) >= 11 is 0. The summed E-state index contributed by atoms with van der Waals surface area (Å²) in [6.07, 6.45) is 1.68. The summed E-state index contributed by atoms with van der Waals surface area (Å²) in [5.41, 5.74) is 3.21. The number of rotatable bonds is 10. The first-order valence-electron chi connectivity index (χ1n) is 16.1. The van der Waals surface area contributed by atoms with Crippen LogP contribution in [0.3, 0.4) is 0 Å². The first-order valence-corrected chi connectivity index (χ1v) is 16.1. The highest BCUT2D eigenvalue weighted by atomic mass is 19.1. The molecule has 0 radical (unpaired) electrons. The van der Waals surface area contributed by atoms with Gasteiger partial charge in [-0.05, 0) is 56.7 Å². The number of nitrogens with one attached hydrogen (secondary N) is 1. The smallest absolute Gasteiger partial charge is 0.335 e. The zero-order valence-electron chi connectivity index (χ0n) is 27.3. The minimum atomic E-state index is -2.27. The van der Waals surface area contributed by atoms with Crippen LogP contribution >= 0.6 is 0 Å². The molecule has 0 aliphatic carbocycles. The van der Waals surface area contributed by atoms with E-state index in [0.717, 1.165) is 55.9 Å². The molecule has 258 valence electrons. The number of aliphatic hydroxyl groups excluding tert-OH is 2. The third-order valence-electron chi connectivity index (χ3n) is 9.37. The van der Waals surface area contributed by atoms with Gasteiger partial charge in [0.2, 0.25) is 11.8 Å². The fraction of sp³-hybridized carbons (Fsp3) is 0.606. The molecule has 4 unspecified atom stereocenters. The van der Waals surface area contributed by atoms with Gasteiger partial charge < -0.3 is 35.2 Å². The number of carboxylic acids is 2. The predicted octanol–water partition coefficient (Wildman–Crippen LogP) is 2.18. The fourth-order valence-electron chi connectivity index (χ4n) is 7.24. The second-order valence-electron chi connectivity index (χ2n) is 13.0. The van der Waals surface area contributed by atoms with Crippen LogP contribution in [0.1, 0.15) is 87.7 Å². The van der Waals surface area contributed by atoms with Crippen LogP contribution in [0.2, 0.25) is 0 Å². The lowest BCUT2D eigenvalue weighted by molar-refractivity contribution is -0.165. The summed E-state index contributed by atoms with van der Waals surface area (Å²) in [6.45, 7) is 9.83. The summed E-state index contributed by atoms with van der Waals surface area (Å²) < 4.78 is 16.4. The van der Waals surface area contributed by atoms with Crippen molar-refractivity contribution in [1.29, 1.82) is 0 Å². The van der Waals surface area contributed by atoms with Crippen LogP contribution in [-0.4, -0.2) is 101 Å². The van der Waals surface area contributed by atoms with Crippen LogP contribution in [0.25, 0.3) is 0 Å². The van der Waals surface area contributed by atoms with Crippen LogP contribution in [-0.2, 0) is 32.1 Å². The van der Waals surface area contributed by atoms with Crippen LogP contribution in [0.4, 0.5) is 4.39 Å². The van der Waals surface area contributed by atoms with Crippen molar-refractivity contribution >= 4 is 23.8 Å². The average Bonchev–Trinajstić information content (AvgIpc) is 3.47. The van der Waals surface area contributed by atoms with Gasteiger partial charge in [0.25, 0.3) is 0 Å². The van der Waals surface area contributed by atoms with Gasteiger partial charge >= 0.3 is 11.9 Å². The summed E-state index contributed by atoms with van der Waals surface area (Å²) in [6, 6.07) is 7.84. The molecule has 0 spiro atoms. The second kappa shape index (κ2) is 15.3. The van der Waals surface area contributed by atoms with Crippen molar-refractivity contribution in [1.82, 2.24) is 24.7 Å². The number of fused-ring (bicyclic) bond motifs is 3. The molecule has 2 amide bonds. The number of piperidine rings is 1. The molecule has 2 bridgehead atoms. The monoisotopic (exact) mass is 659 g/mol. The minimum Gasteiger partial charge on any atom is -0.479 e. The molecule has 47 heavy (non-hydrogen) atoms. The van der Waals surface area contributed by atoms with Crippen molar-refractivity contribution < 1.29 is 44.0 Å². The van der Waals surface area contributed by atoms with E-state index < -0.39 is 24.1 Å². The van der Waals surface area contributed by atoms with E-state index in [1.165, 1.54) is 37.6 Å². The molecule has 2 fully saturated rings. The molecule has 4 heterocycles. The topological polar surface area (TPSA) is 186 Å². The first-order chi connectivity index (χ1) is 22.2. The lowest BCUT2D eigenvalue weighted by Crippen LogP contribution is -2.45. The molecule has 5 N–H and O–H groups in total. The van der Waals surface area contributed by atoms with Crippen molar-refractivity contribution in [3.63, 3.8) is 0 Å². The summed E-state index contributed by atoms with van der Waals surface area (Å²) in [7, 11) is 0. The number of halogens is 1. The number of amides is 2. The van der Waals surface area contributed by atoms with Gasteiger partial charge in [0.1, 0.15) is 11.6 Å². The molecule has 13 nitrogen and oxygen atoms in total. The summed E-state index contributed by atoms with van der Waals surface area (Å²) in [5, 5.41) is 35.6. The quantitative estimate of drug-likeness (QED) is 0.253. The summed E-state index contributed by atoms with van der Waals surface area (Å²) in [5.74, 6) is -2.62. The average molecular weight is 660 g/mol. The van der Waals surface area contributed by atoms with E-state index in [9.17, 15) is 23.6 Å². The SMILES string of the molecule is CC(=O)N[C@@H](CCN1C2CCC1CC(n1c(C)nc3c1CCN(C(=O)C(C)C)C3)C2)c1cccc(F)c1.O=C(O)C(O)C(O)C(=O)O. The van der Waals surface area contributed by atoms with E-state index >= 15 is 0 Å². The fourth-order valence-corrected chi connectivity index (χ4v) is 7.24. The highest BCUT2D eigenvalue weighted by molar-refractivity contribution is 5.83. The van der Waals surface area contributed by atoms with E-state index in [-0.39, 0.29) is 29.6 Å². The van der Waals surface area contributed by atoms with Crippen molar-refractivity contribution in [3.05, 3.63) is 52.9 Å².